The normalized spacial score (nSPS) is 21.3. The first-order valence-corrected chi connectivity index (χ1v) is 8.65. The van der Waals surface area contributed by atoms with Crippen molar-refractivity contribution in [2.45, 2.75) is 25.1 Å². The Morgan fingerprint density at radius 1 is 1.21 bits per heavy atom. The number of alkyl halides is 3. The predicted molar refractivity (Wildman–Crippen MR) is 97.5 cm³/mol. The lowest BCUT2D eigenvalue weighted by molar-refractivity contribution is -0.138. The predicted octanol–water partition coefficient (Wildman–Crippen LogP) is 3.89. The number of halogens is 3. The van der Waals surface area contributed by atoms with E-state index in [4.69, 9.17) is 4.74 Å². The number of rotatable bonds is 2. The Bertz CT molecular complexity index is 999. The van der Waals surface area contributed by atoms with E-state index < -0.39 is 23.1 Å². The summed E-state index contributed by atoms with van der Waals surface area (Å²) in [5.41, 5.74) is -2.18. The summed E-state index contributed by atoms with van der Waals surface area (Å²) in [5.74, 6) is 0.0583. The van der Waals surface area contributed by atoms with Crippen molar-refractivity contribution in [3.8, 4) is 5.75 Å². The van der Waals surface area contributed by atoms with Crippen LogP contribution >= 0.6 is 0 Å². The van der Waals surface area contributed by atoms with Crippen LogP contribution < -0.4 is 9.64 Å². The van der Waals surface area contributed by atoms with Crippen LogP contribution in [0.5, 0.6) is 5.75 Å². The minimum atomic E-state index is -4.55. The molecule has 0 saturated carbocycles. The van der Waals surface area contributed by atoms with Crippen molar-refractivity contribution in [1.29, 1.82) is 0 Å². The Labute approximate surface area is 159 Å². The van der Waals surface area contributed by atoms with E-state index in [9.17, 15) is 23.1 Å². The minimum absolute atomic E-state index is 0.00771. The van der Waals surface area contributed by atoms with E-state index in [1.807, 2.05) is 0 Å². The van der Waals surface area contributed by atoms with Gasteiger partial charge in [0.05, 0.1) is 18.4 Å². The van der Waals surface area contributed by atoms with Gasteiger partial charge in [-0.25, -0.2) is 4.99 Å². The molecule has 0 aliphatic carbocycles. The molecular weight excluding hydrogens is 373 g/mol. The fraction of sp³-hybridized carbons (Fsp3) is 0.300. The van der Waals surface area contributed by atoms with Gasteiger partial charge >= 0.3 is 6.18 Å². The fourth-order valence-electron chi connectivity index (χ4n) is 3.71. The summed E-state index contributed by atoms with van der Waals surface area (Å²) < 4.78 is 44.9. The Balaban J connectivity index is 1.84. The molecule has 1 saturated heterocycles. The minimum Gasteiger partial charge on any atom is -0.497 e. The van der Waals surface area contributed by atoms with Gasteiger partial charge in [0, 0.05) is 24.2 Å². The van der Waals surface area contributed by atoms with E-state index in [0.717, 1.165) is 12.1 Å². The van der Waals surface area contributed by atoms with Gasteiger partial charge in [0.25, 0.3) is 0 Å². The second-order valence-corrected chi connectivity index (χ2v) is 6.91. The number of methoxy groups -OCH3 is 1. The van der Waals surface area contributed by atoms with E-state index in [-0.39, 0.29) is 29.1 Å². The third kappa shape index (κ3) is 2.67. The van der Waals surface area contributed by atoms with Crippen LogP contribution in [-0.4, -0.2) is 36.0 Å². The van der Waals surface area contributed by atoms with Gasteiger partial charge in [-0.15, -0.1) is 0 Å². The van der Waals surface area contributed by atoms with E-state index in [1.54, 1.807) is 29.2 Å². The molecule has 2 aliphatic rings. The van der Waals surface area contributed by atoms with Gasteiger partial charge in [-0.2, -0.15) is 13.2 Å². The maximum absolute atomic E-state index is 13.3. The molecule has 0 amide bonds. The molecule has 4 rings (SSSR count). The van der Waals surface area contributed by atoms with Crippen molar-refractivity contribution in [1.82, 2.24) is 0 Å². The molecule has 146 valence electrons. The molecule has 28 heavy (non-hydrogen) atoms. The molecule has 8 heteroatoms. The Morgan fingerprint density at radius 3 is 2.50 bits per heavy atom. The number of aliphatic imine (C=N–C) groups is 1. The molecule has 2 aromatic carbocycles. The monoisotopic (exact) mass is 390 g/mol. The third-order valence-corrected chi connectivity index (χ3v) is 5.20. The average Bonchev–Trinajstić information content (AvgIpc) is 2.99. The number of nitrogens with zero attached hydrogens (tertiary/aromatic N) is 2. The second-order valence-electron chi connectivity index (χ2n) is 6.91. The highest BCUT2D eigenvalue weighted by Gasteiger charge is 2.52. The summed E-state index contributed by atoms with van der Waals surface area (Å²) in [4.78, 5) is 18.9. The first kappa shape index (κ1) is 18.5. The maximum Gasteiger partial charge on any atom is 0.416 e. The standard InChI is InChI=1S/C20H17F3N2O3/c1-11-9-14-16(10-15(11)20(21,22)23)24-18-19(27,17(14)26)7-8-25(18)12-3-5-13(28-2)6-4-12/h3-6,9-10,27H,7-8H2,1-2H3/t19-/m1/s1. The highest BCUT2D eigenvalue weighted by molar-refractivity contribution is 6.28. The van der Waals surface area contributed by atoms with Gasteiger partial charge < -0.3 is 14.7 Å². The number of ketones is 1. The SMILES string of the molecule is COc1ccc(N2CC[C@@]3(O)C(=O)c4cc(C)c(C(F)(F)F)cc4N=C23)cc1. The Kier molecular flexibility index (Phi) is 4.01. The molecule has 0 spiro atoms. The summed E-state index contributed by atoms with van der Waals surface area (Å²) >= 11 is 0. The van der Waals surface area contributed by atoms with Crippen molar-refractivity contribution in [3.05, 3.63) is 53.1 Å². The summed E-state index contributed by atoms with van der Waals surface area (Å²) in [7, 11) is 1.53. The van der Waals surface area contributed by atoms with E-state index >= 15 is 0 Å². The lowest BCUT2D eigenvalue weighted by Crippen LogP contribution is -2.48. The van der Waals surface area contributed by atoms with Crippen LogP contribution in [0, 0.1) is 6.92 Å². The number of aliphatic hydroxyl groups is 1. The molecule has 0 unspecified atom stereocenters. The maximum atomic E-state index is 13.3. The summed E-state index contributed by atoms with van der Waals surface area (Å²) in [5, 5.41) is 11.0. The quantitative estimate of drug-likeness (QED) is 0.845. The van der Waals surface area contributed by atoms with Gasteiger partial charge in [-0.3, -0.25) is 4.79 Å². The molecular formula is C20H17F3N2O3. The number of carbonyl (C=O) groups excluding carboxylic acids is 1. The van der Waals surface area contributed by atoms with Crippen molar-refractivity contribution in [2.24, 2.45) is 4.99 Å². The van der Waals surface area contributed by atoms with E-state index in [0.29, 0.717) is 18.0 Å². The lowest BCUT2D eigenvalue weighted by atomic mass is 9.86. The van der Waals surface area contributed by atoms with Gasteiger partial charge in [0.15, 0.2) is 5.60 Å². The zero-order chi connectivity index (χ0) is 20.3. The van der Waals surface area contributed by atoms with Crippen molar-refractivity contribution < 1.29 is 27.8 Å². The first-order chi connectivity index (χ1) is 13.1. The molecule has 5 nitrogen and oxygen atoms in total. The second kappa shape index (κ2) is 6.07. The van der Waals surface area contributed by atoms with Crippen LogP contribution in [-0.2, 0) is 6.18 Å². The summed E-state index contributed by atoms with van der Waals surface area (Å²) in [6.45, 7) is 1.60. The number of hydrogen-bond acceptors (Lipinski definition) is 5. The van der Waals surface area contributed by atoms with Crippen molar-refractivity contribution >= 4 is 23.0 Å². The van der Waals surface area contributed by atoms with Crippen molar-refractivity contribution in [3.63, 3.8) is 0 Å². The van der Waals surface area contributed by atoms with E-state index in [1.165, 1.54) is 14.0 Å². The number of carbonyl (C=O) groups is 1. The zero-order valence-electron chi connectivity index (χ0n) is 15.2. The highest BCUT2D eigenvalue weighted by Crippen LogP contribution is 2.43. The molecule has 2 heterocycles. The third-order valence-electron chi connectivity index (χ3n) is 5.20. The van der Waals surface area contributed by atoms with Crippen LogP contribution in [0.1, 0.15) is 27.9 Å². The molecule has 0 radical (unpaired) electrons. The average molecular weight is 390 g/mol. The van der Waals surface area contributed by atoms with Gasteiger partial charge in [-0.05, 0) is 48.9 Å². The van der Waals surface area contributed by atoms with Crippen molar-refractivity contribution in [2.75, 3.05) is 18.6 Å². The van der Waals surface area contributed by atoms with Crippen LogP contribution in [0.2, 0.25) is 0 Å². The smallest absolute Gasteiger partial charge is 0.416 e. The fourth-order valence-corrected chi connectivity index (χ4v) is 3.71. The number of hydrogen-bond donors (Lipinski definition) is 1. The summed E-state index contributed by atoms with van der Waals surface area (Å²) in [6, 6.07) is 8.95. The number of benzene rings is 2. The molecule has 1 atom stereocenters. The van der Waals surface area contributed by atoms with Gasteiger partial charge in [0.1, 0.15) is 11.6 Å². The van der Waals surface area contributed by atoms with Gasteiger partial charge in [-0.1, -0.05) is 0 Å². The number of fused-ring (bicyclic) bond motifs is 2. The molecule has 1 N–H and O–H groups in total. The number of ether oxygens (including phenoxy) is 1. The number of amidine groups is 1. The molecule has 0 bridgehead atoms. The van der Waals surface area contributed by atoms with Crippen LogP contribution in [0.4, 0.5) is 24.5 Å². The number of anilines is 1. The number of Topliss-reactive ketones (excluding diaryl/α,β-unsaturated/α-hetero) is 1. The Hall–Kier alpha value is -2.87. The molecule has 0 aromatic heterocycles. The number of aryl methyl sites for hydroxylation is 1. The van der Waals surface area contributed by atoms with E-state index in [2.05, 4.69) is 4.99 Å². The Morgan fingerprint density at radius 2 is 1.89 bits per heavy atom. The zero-order valence-corrected chi connectivity index (χ0v) is 15.2. The first-order valence-electron chi connectivity index (χ1n) is 8.65. The highest BCUT2D eigenvalue weighted by atomic mass is 19.4. The van der Waals surface area contributed by atoms with Crippen LogP contribution in [0.15, 0.2) is 41.4 Å². The summed E-state index contributed by atoms with van der Waals surface area (Å²) in [6.07, 6.45) is -4.45. The van der Waals surface area contributed by atoms with Crippen LogP contribution in [0.3, 0.4) is 0 Å². The lowest BCUT2D eigenvalue weighted by Gasteiger charge is -2.30. The topological polar surface area (TPSA) is 62.1 Å². The van der Waals surface area contributed by atoms with Crippen LogP contribution in [0.25, 0.3) is 0 Å². The molecule has 2 aromatic rings. The molecule has 2 aliphatic heterocycles. The van der Waals surface area contributed by atoms with Gasteiger partial charge in [0.2, 0.25) is 5.78 Å². The molecule has 1 fully saturated rings. The largest absolute Gasteiger partial charge is 0.497 e.